The smallest absolute Gasteiger partial charge is 0.107 e. The van der Waals surface area contributed by atoms with Crippen LogP contribution in [0.2, 0.25) is 24.2 Å². The predicted molar refractivity (Wildman–Crippen MR) is 145 cm³/mol. The van der Waals surface area contributed by atoms with Crippen LogP contribution in [0.1, 0.15) is 74.4 Å². The topological polar surface area (TPSA) is 32.8 Å². The summed E-state index contributed by atoms with van der Waals surface area (Å²) in [6.07, 6.45) is 5.22. The average molecular weight is 495 g/mol. The lowest BCUT2D eigenvalue weighted by Gasteiger charge is -2.45. The molecule has 10 unspecified atom stereocenters. The highest BCUT2D eigenvalue weighted by molar-refractivity contribution is 6.80. The van der Waals surface area contributed by atoms with Crippen molar-refractivity contribution >= 4 is 8.07 Å². The SMILES string of the molecule is Cc1ccc(C2CC3C(CC(C)N3C)C2[Si](C)(C)C2C(c3ccc(C)o3)CC3C2CC(C)N3C)o1. The van der Waals surface area contributed by atoms with Gasteiger partial charge >= 0.3 is 0 Å². The molecular formula is C30H46N2O2Si. The minimum Gasteiger partial charge on any atom is -0.466 e. The maximum atomic E-state index is 6.40. The number of fused-ring (bicyclic) bond motifs is 2. The molecule has 2 saturated carbocycles. The van der Waals surface area contributed by atoms with Crippen LogP contribution in [-0.4, -0.2) is 56.1 Å². The Kier molecular flexibility index (Phi) is 5.74. The molecule has 4 fully saturated rings. The van der Waals surface area contributed by atoms with Crippen molar-refractivity contribution in [2.24, 2.45) is 11.8 Å². The Balaban J connectivity index is 1.44. The number of aryl methyl sites for hydroxylation is 2. The highest BCUT2D eigenvalue weighted by Crippen LogP contribution is 2.67. The molecule has 0 amide bonds. The molecule has 5 heteroatoms. The molecule has 0 aromatic carbocycles. The zero-order valence-electron chi connectivity index (χ0n) is 23.1. The van der Waals surface area contributed by atoms with Gasteiger partial charge in [0.05, 0.1) is 8.07 Å². The van der Waals surface area contributed by atoms with Crippen LogP contribution in [0, 0.1) is 25.7 Å². The third-order valence-corrected chi connectivity index (χ3v) is 16.5. The van der Waals surface area contributed by atoms with Gasteiger partial charge in [0.1, 0.15) is 23.0 Å². The van der Waals surface area contributed by atoms with Crippen molar-refractivity contribution in [2.45, 2.75) is 114 Å². The molecule has 2 saturated heterocycles. The maximum Gasteiger partial charge on any atom is 0.107 e. The first-order chi connectivity index (χ1) is 16.6. The molecule has 2 aliphatic carbocycles. The maximum absolute atomic E-state index is 6.40. The monoisotopic (exact) mass is 494 g/mol. The van der Waals surface area contributed by atoms with Gasteiger partial charge < -0.3 is 18.6 Å². The summed E-state index contributed by atoms with van der Waals surface area (Å²) in [5.74, 6) is 7.36. The minimum absolute atomic E-state index is 0.560. The van der Waals surface area contributed by atoms with Crippen molar-refractivity contribution in [2.75, 3.05) is 14.1 Å². The van der Waals surface area contributed by atoms with E-state index < -0.39 is 8.07 Å². The third kappa shape index (κ3) is 3.59. The summed E-state index contributed by atoms with van der Waals surface area (Å²) in [5, 5.41) is 0. The molecule has 2 aliphatic heterocycles. The molecule has 10 atom stereocenters. The van der Waals surface area contributed by atoms with E-state index in [1.165, 1.54) is 37.2 Å². The van der Waals surface area contributed by atoms with Crippen LogP contribution in [0.25, 0.3) is 0 Å². The molecule has 4 nitrogen and oxygen atoms in total. The van der Waals surface area contributed by atoms with E-state index in [9.17, 15) is 0 Å². The number of likely N-dealkylation sites (tertiary alicyclic amines) is 2. The second kappa shape index (κ2) is 8.36. The molecule has 0 radical (unpaired) electrons. The molecule has 6 rings (SSSR count). The molecule has 2 aromatic heterocycles. The van der Waals surface area contributed by atoms with E-state index in [1.807, 2.05) is 0 Å². The van der Waals surface area contributed by atoms with Crippen molar-refractivity contribution in [1.82, 2.24) is 9.80 Å². The van der Waals surface area contributed by atoms with E-state index in [-0.39, 0.29) is 0 Å². The van der Waals surface area contributed by atoms with Crippen LogP contribution < -0.4 is 0 Å². The second-order valence-electron chi connectivity index (χ2n) is 13.4. The van der Waals surface area contributed by atoms with Gasteiger partial charge in [-0.25, -0.2) is 0 Å². The zero-order valence-corrected chi connectivity index (χ0v) is 24.1. The number of hydrogen-bond acceptors (Lipinski definition) is 4. The van der Waals surface area contributed by atoms with Gasteiger partial charge in [0.15, 0.2) is 0 Å². The first-order valence-corrected chi connectivity index (χ1v) is 17.3. The Morgan fingerprint density at radius 1 is 0.686 bits per heavy atom. The van der Waals surface area contributed by atoms with E-state index in [2.05, 4.69) is 88.9 Å². The first-order valence-electron chi connectivity index (χ1n) is 14.1. The minimum atomic E-state index is -1.77. The van der Waals surface area contributed by atoms with E-state index in [0.717, 1.165) is 34.4 Å². The highest BCUT2D eigenvalue weighted by atomic mass is 28.3. The fourth-order valence-corrected chi connectivity index (χ4v) is 15.9. The van der Waals surface area contributed by atoms with Crippen molar-refractivity contribution in [3.05, 3.63) is 47.3 Å². The molecule has 4 aliphatic rings. The molecule has 0 bridgehead atoms. The standard InChI is InChI=1S/C30H46N2O2Si/c1-17-13-21-25(31(17)5)15-23(27-11-9-19(3)33-27)29(21)35(7,8)30-22-14-18(2)32(6)26(22)16-24(30)28-12-10-20(4)34-28/h9-12,17-18,21-26,29-30H,13-16H2,1-8H3. The van der Waals surface area contributed by atoms with Crippen LogP contribution >= 0.6 is 0 Å². The molecule has 35 heavy (non-hydrogen) atoms. The van der Waals surface area contributed by atoms with Crippen molar-refractivity contribution in [1.29, 1.82) is 0 Å². The van der Waals surface area contributed by atoms with Gasteiger partial charge in [0.2, 0.25) is 0 Å². The van der Waals surface area contributed by atoms with Gasteiger partial charge in [-0.3, -0.25) is 0 Å². The van der Waals surface area contributed by atoms with E-state index in [4.69, 9.17) is 8.83 Å². The Morgan fingerprint density at radius 3 is 1.43 bits per heavy atom. The van der Waals surface area contributed by atoms with Gasteiger partial charge in [0.25, 0.3) is 0 Å². The van der Waals surface area contributed by atoms with Gasteiger partial charge in [-0.1, -0.05) is 13.1 Å². The van der Waals surface area contributed by atoms with Crippen LogP contribution in [0.4, 0.5) is 0 Å². The summed E-state index contributed by atoms with van der Waals surface area (Å²) in [7, 11) is 2.98. The Morgan fingerprint density at radius 2 is 1.09 bits per heavy atom. The molecule has 0 N–H and O–H groups in total. The van der Waals surface area contributed by atoms with Crippen LogP contribution in [-0.2, 0) is 0 Å². The lowest BCUT2D eigenvalue weighted by molar-refractivity contribution is 0.240. The third-order valence-electron chi connectivity index (χ3n) is 11.4. The summed E-state index contributed by atoms with van der Waals surface area (Å²) < 4.78 is 12.8. The van der Waals surface area contributed by atoms with Gasteiger partial charge in [0, 0.05) is 36.0 Å². The summed E-state index contributed by atoms with van der Waals surface area (Å²) in [6.45, 7) is 14.7. The summed E-state index contributed by atoms with van der Waals surface area (Å²) in [5.41, 5.74) is 1.52. The average Bonchev–Trinajstić information content (AvgIpc) is 3.61. The molecule has 192 valence electrons. The van der Waals surface area contributed by atoms with Gasteiger partial charge in [-0.15, -0.1) is 0 Å². The summed E-state index contributed by atoms with van der Waals surface area (Å²) in [6, 6.07) is 11.8. The normalized spacial score (nSPS) is 42.2. The largest absolute Gasteiger partial charge is 0.466 e. The fraction of sp³-hybridized carbons (Fsp3) is 0.733. The van der Waals surface area contributed by atoms with Crippen LogP contribution in [0.5, 0.6) is 0 Å². The van der Waals surface area contributed by atoms with Crippen molar-refractivity contribution in [3.63, 3.8) is 0 Å². The Hall–Kier alpha value is -1.30. The Bertz CT molecular complexity index is 992. The number of rotatable bonds is 4. The number of nitrogens with zero attached hydrogens (tertiary/aromatic N) is 2. The predicted octanol–water partition coefficient (Wildman–Crippen LogP) is 7.03. The van der Waals surface area contributed by atoms with Gasteiger partial charge in [-0.05, 0) is 115 Å². The van der Waals surface area contributed by atoms with E-state index in [1.54, 1.807) is 0 Å². The van der Waals surface area contributed by atoms with Crippen LogP contribution in [0.3, 0.4) is 0 Å². The van der Waals surface area contributed by atoms with Gasteiger partial charge in [-0.2, -0.15) is 0 Å². The van der Waals surface area contributed by atoms with E-state index >= 15 is 0 Å². The molecular weight excluding hydrogens is 448 g/mol. The highest BCUT2D eigenvalue weighted by Gasteiger charge is 2.63. The van der Waals surface area contributed by atoms with E-state index in [0.29, 0.717) is 36.0 Å². The Labute approximate surface area is 213 Å². The lowest BCUT2D eigenvalue weighted by Crippen LogP contribution is -2.46. The molecule has 0 spiro atoms. The quantitative estimate of drug-likeness (QED) is 0.427. The second-order valence-corrected chi connectivity index (χ2v) is 18.4. The summed E-state index contributed by atoms with van der Waals surface area (Å²) >= 11 is 0. The lowest BCUT2D eigenvalue weighted by atomic mass is 9.96. The van der Waals surface area contributed by atoms with Crippen LogP contribution in [0.15, 0.2) is 33.1 Å². The summed E-state index contributed by atoms with van der Waals surface area (Å²) in [4.78, 5) is 5.41. The number of hydrogen-bond donors (Lipinski definition) is 0. The molecule has 4 heterocycles. The van der Waals surface area contributed by atoms with Crippen molar-refractivity contribution in [3.8, 4) is 0 Å². The fourth-order valence-electron chi connectivity index (χ4n) is 9.81. The number of furan rings is 2. The first kappa shape index (κ1) is 24.1. The van der Waals surface area contributed by atoms with Crippen molar-refractivity contribution < 1.29 is 8.83 Å². The zero-order chi connectivity index (χ0) is 24.8. The molecule has 2 aromatic rings.